The van der Waals surface area contributed by atoms with E-state index in [-0.39, 0.29) is 16.6 Å². The average molecular weight is 341 g/mol. The van der Waals surface area contributed by atoms with E-state index in [1.165, 1.54) is 4.90 Å². The predicted octanol–water partition coefficient (Wildman–Crippen LogP) is 2.61. The third kappa shape index (κ3) is 2.85. The lowest BCUT2D eigenvalue weighted by molar-refractivity contribution is -0.128. The van der Waals surface area contributed by atoms with Crippen LogP contribution in [0.5, 0.6) is 0 Å². The van der Waals surface area contributed by atoms with E-state index in [1.54, 1.807) is 6.08 Å². The molecule has 1 saturated heterocycles. The first kappa shape index (κ1) is 16.4. The summed E-state index contributed by atoms with van der Waals surface area (Å²) in [5.41, 5.74) is 2.01. The second-order valence-electron chi connectivity index (χ2n) is 5.84. The molecule has 124 valence electrons. The summed E-state index contributed by atoms with van der Waals surface area (Å²) in [7, 11) is 1.94. The molecule has 24 heavy (non-hydrogen) atoms. The van der Waals surface area contributed by atoms with E-state index in [4.69, 9.17) is 12.2 Å². The minimum Gasteiger partial charge on any atom is -0.350 e. The zero-order valence-corrected chi connectivity index (χ0v) is 14.5. The van der Waals surface area contributed by atoms with E-state index in [1.807, 2.05) is 49.0 Å². The molecule has 1 N–H and O–H groups in total. The van der Waals surface area contributed by atoms with Gasteiger partial charge in [-0.3, -0.25) is 19.8 Å². The number of para-hydroxylation sites is 1. The molecule has 0 radical (unpaired) electrons. The standard InChI is InChI=1S/C18H19N3O2S/c1-3-4-9-21-17(23)14(16(22)19-18(21)24)10-12-11-20(2)15-8-6-5-7-13(12)15/h5-8,10-11H,3-4,9H2,1-2H3,(H,19,22,24)/b14-10+. The summed E-state index contributed by atoms with van der Waals surface area (Å²) in [5.74, 6) is -0.768. The van der Waals surface area contributed by atoms with Crippen LogP contribution >= 0.6 is 12.2 Å². The highest BCUT2D eigenvalue weighted by atomic mass is 32.1. The zero-order valence-electron chi connectivity index (χ0n) is 13.7. The third-order valence-electron chi connectivity index (χ3n) is 4.15. The van der Waals surface area contributed by atoms with E-state index in [2.05, 4.69) is 5.32 Å². The number of rotatable bonds is 4. The number of carbonyl (C=O) groups is 2. The van der Waals surface area contributed by atoms with Crippen LogP contribution in [0.1, 0.15) is 25.3 Å². The Kier molecular flexibility index (Phi) is 4.49. The highest BCUT2D eigenvalue weighted by Gasteiger charge is 2.33. The van der Waals surface area contributed by atoms with Crippen molar-refractivity contribution in [3.8, 4) is 0 Å². The van der Waals surface area contributed by atoms with Crippen LogP contribution in [0, 0.1) is 0 Å². The van der Waals surface area contributed by atoms with Gasteiger partial charge >= 0.3 is 0 Å². The van der Waals surface area contributed by atoms with Crippen LogP contribution in [0.4, 0.5) is 0 Å². The number of fused-ring (bicyclic) bond motifs is 1. The fourth-order valence-corrected chi connectivity index (χ4v) is 3.12. The van der Waals surface area contributed by atoms with Crippen LogP contribution in [-0.4, -0.2) is 32.9 Å². The summed E-state index contributed by atoms with van der Waals surface area (Å²) in [6.07, 6.45) is 5.36. The Hall–Kier alpha value is -2.47. The van der Waals surface area contributed by atoms with Crippen LogP contribution in [0.2, 0.25) is 0 Å². The van der Waals surface area contributed by atoms with Gasteiger partial charge in [0.1, 0.15) is 5.57 Å². The maximum Gasteiger partial charge on any atom is 0.265 e. The summed E-state index contributed by atoms with van der Waals surface area (Å²) in [6.45, 7) is 2.56. The molecular formula is C18H19N3O2S. The molecule has 0 atom stereocenters. The van der Waals surface area contributed by atoms with Crippen LogP contribution in [0.3, 0.4) is 0 Å². The molecule has 0 spiro atoms. The largest absolute Gasteiger partial charge is 0.350 e. The quantitative estimate of drug-likeness (QED) is 0.528. The topological polar surface area (TPSA) is 54.3 Å². The maximum absolute atomic E-state index is 12.7. The molecule has 0 unspecified atom stereocenters. The number of aromatic nitrogens is 1. The van der Waals surface area contributed by atoms with Gasteiger partial charge in [0, 0.05) is 36.3 Å². The average Bonchev–Trinajstić information content (AvgIpc) is 2.88. The molecule has 1 aliphatic heterocycles. The van der Waals surface area contributed by atoms with E-state index >= 15 is 0 Å². The molecule has 1 fully saturated rings. The second-order valence-corrected chi connectivity index (χ2v) is 6.23. The van der Waals surface area contributed by atoms with Crippen molar-refractivity contribution in [1.29, 1.82) is 0 Å². The molecule has 2 aromatic rings. The maximum atomic E-state index is 12.7. The summed E-state index contributed by atoms with van der Waals surface area (Å²) in [4.78, 5) is 26.4. The molecule has 0 saturated carbocycles. The van der Waals surface area contributed by atoms with Gasteiger partial charge < -0.3 is 4.57 Å². The van der Waals surface area contributed by atoms with Gasteiger partial charge in [0.05, 0.1) is 0 Å². The predicted molar refractivity (Wildman–Crippen MR) is 98.3 cm³/mol. The summed E-state index contributed by atoms with van der Waals surface area (Å²) < 4.78 is 1.98. The van der Waals surface area contributed by atoms with Crippen LogP contribution < -0.4 is 5.32 Å². The van der Waals surface area contributed by atoms with Crippen molar-refractivity contribution in [2.75, 3.05) is 6.54 Å². The Morgan fingerprint density at radius 1 is 1.25 bits per heavy atom. The normalized spacial score (nSPS) is 17.0. The van der Waals surface area contributed by atoms with Gasteiger partial charge in [-0.25, -0.2) is 0 Å². The van der Waals surface area contributed by atoms with Crippen molar-refractivity contribution in [3.63, 3.8) is 0 Å². The van der Waals surface area contributed by atoms with Gasteiger partial charge in [-0.05, 0) is 30.8 Å². The third-order valence-corrected chi connectivity index (χ3v) is 4.47. The number of unbranched alkanes of at least 4 members (excludes halogenated alkanes) is 1. The Morgan fingerprint density at radius 3 is 2.75 bits per heavy atom. The molecule has 1 aliphatic rings. The summed E-state index contributed by atoms with van der Waals surface area (Å²) in [5, 5.41) is 3.81. The van der Waals surface area contributed by atoms with Crippen LogP contribution in [-0.2, 0) is 16.6 Å². The van der Waals surface area contributed by atoms with Gasteiger partial charge in [-0.1, -0.05) is 31.5 Å². The zero-order chi connectivity index (χ0) is 17.3. The van der Waals surface area contributed by atoms with Gasteiger partial charge in [0.25, 0.3) is 11.8 Å². The molecule has 2 amide bonds. The Labute approximate surface area is 145 Å². The van der Waals surface area contributed by atoms with Crippen molar-refractivity contribution in [3.05, 3.63) is 41.6 Å². The van der Waals surface area contributed by atoms with Gasteiger partial charge in [-0.15, -0.1) is 0 Å². The molecule has 5 nitrogen and oxygen atoms in total. The molecule has 1 aromatic heterocycles. The number of thiocarbonyl (C=S) groups is 1. The highest BCUT2D eigenvalue weighted by Crippen LogP contribution is 2.24. The molecule has 3 rings (SSSR count). The molecule has 2 heterocycles. The number of hydrogen-bond donors (Lipinski definition) is 1. The van der Waals surface area contributed by atoms with Crippen LogP contribution in [0.15, 0.2) is 36.0 Å². The van der Waals surface area contributed by atoms with Crippen molar-refractivity contribution in [1.82, 2.24) is 14.8 Å². The molecule has 0 bridgehead atoms. The van der Waals surface area contributed by atoms with E-state index in [0.717, 1.165) is 29.3 Å². The number of hydrogen-bond acceptors (Lipinski definition) is 3. The number of carbonyl (C=O) groups excluding carboxylic acids is 2. The Bertz CT molecular complexity index is 866. The monoisotopic (exact) mass is 341 g/mol. The SMILES string of the molecule is CCCCN1C(=O)/C(=C/c2cn(C)c3ccccc23)C(=O)NC1=S. The summed E-state index contributed by atoms with van der Waals surface area (Å²) in [6, 6.07) is 7.88. The molecule has 1 aromatic carbocycles. The number of nitrogens with zero attached hydrogens (tertiary/aromatic N) is 2. The van der Waals surface area contributed by atoms with E-state index < -0.39 is 5.91 Å². The lowest BCUT2D eigenvalue weighted by atomic mass is 10.1. The lowest BCUT2D eigenvalue weighted by Gasteiger charge is -2.28. The van der Waals surface area contributed by atoms with Gasteiger partial charge in [0.15, 0.2) is 5.11 Å². The molecular weight excluding hydrogens is 322 g/mol. The van der Waals surface area contributed by atoms with Crippen molar-refractivity contribution >= 4 is 46.1 Å². The highest BCUT2D eigenvalue weighted by molar-refractivity contribution is 7.80. The fraction of sp³-hybridized carbons (Fsp3) is 0.278. The van der Waals surface area contributed by atoms with Crippen molar-refractivity contribution in [2.45, 2.75) is 19.8 Å². The van der Waals surface area contributed by atoms with E-state index in [0.29, 0.717) is 6.54 Å². The first-order valence-corrected chi connectivity index (χ1v) is 8.36. The fourth-order valence-electron chi connectivity index (χ4n) is 2.86. The number of amides is 2. The van der Waals surface area contributed by atoms with Gasteiger partial charge in [0.2, 0.25) is 0 Å². The van der Waals surface area contributed by atoms with Crippen molar-refractivity contribution < 1.29 is 9.59 Å². The molecule has 0 aliphatic carbocycles. The van der Waals surface area contributed by atoms with Crippen molar-refractivity contribution in [2.24, 2.45) is 7.05 Å². The Balaban J connectivity index is 2.02. The first-order chi connectivity index (χ1) is 11.5. The molecule has 6 heteroatoms. The van der Waals surface area contributed by atoms with Crippen LogP contribution in [0.25, 0.3) is 17.0 Å². The Morgan fingerprint density at radius 2 is 2.00 bits per heavy atom. The minimum atomic E-state index is -0.439. The van der Waals surface area contributed by atoms with E-state index in [9.17, 15) is 9.59 Å². The lowest BCUT2D eigenvalue weighted by Crippen LogP contribution is -2.54. The smallest absolute Gasteiger partial charge is 0.265 e. The number of nitrogens with one attached hydrogen (secondary N) is 1. The minimum absolute atomic E-state index is 0.121. The first-order valence-electron chi connectivity index (χ1n) is 7.96. The summed E-state index contributed by atoms with van der Waals surface area (Å²) >= 11 is 5.14. The second kappa shape index (κ2) is 6.57. The number of benzene rings is 1. The number of aryl methyl sites for hydroxylation is 1. The van der Waals surface area contributed by atoms with Gasteiger partial charge in [-0.2, -0.15) is 0 Å².